The van der Waals surface area contributed by atoms with E-state index in [2.05, 4.69) is 30.9 Å². The van der Waals surface area contributed by atoms with Crippen molar-refractivity contribution >= 4 is 34.1 Å². The first-order chi connectivity index (χ1) is 16.0. The van der Waals surface area contributed by atoms with Gasteiger partial charge in [-0.3, -0.25) is 9.78 Å². The van der Waals surface area contributed by atoms with Crippen molar-refractivity contribution in [2.75, 3.05) is 17.7 Å². The number of nitrogens with two attached hydrogens (primary N) is 2. The first-order valence-corrected chi connectivity index (χ1v) is 10.6. The molecule has 4 rings (SSSR count). The van der Waals surface area contributed by atoms with Crippen molar-refractivity contribution in [1.29, 1.82) is 0 Å². The molecule has 0 aliphatic heterocycles. The number of hydrogen-bond acceptors (Lipinski definition) is 8. The van der Waals surface area contributed by atoms with Gasteiger partial charge in [-0.25, -0.2) is 9.37 Å². The smallest absolute Gasteiger partial charge is 0.252 e. The Hall–Kier alpha value is -4.02. The second-order valence-corrected chi connectivity index (χ2v) is 7.82. The van der Waals surface area contributed by atoms with E-state index in [1.807, 2.05) is 24.3 Å². The number of amides is 1. The molecule has 1 saturated carbocycles. The monoisotopic (exact) mass is 452 g/mol. The molecule has 6 N–H and O–H groups in total. The maximum Gasteiger partial charge on any atom is 0.252 e. The van der Waals surface area contributed by atoms with E-state index in [1.54, 1.807) is 13.3 Å². The predicted molar refractivity (Wildman–Crippen MR) is 123 cm³/mol. The number of nitrogens with one attached hydrogen (secondary N) is 2. The minimum absolute atomic E-state index is 0.00916. The van der Waals surface area contributed by atoms with E-state index in [1.165, 1.54) is 0 Å². The number of benzene rings is 1. The van der Waals surface area contributed by atoms with E-state index in [0.717, 1.165) is 42.7 Å². The number of methoxy groups -OCH3 is 1. The Bertz CT molecular complexity index is 1200. The highest BCUT2D eigenvalue weighted by atomic mass is 19.1. The Balaban J connectivity index is 1.65. The largest absolute Gasteiger partial charge is 0.497 e. The van der Waals surface area contributed by atoms with Crippen LogP contribution in [0.25, 0.3) is 10.9 Å². The second kappa shape index (κ2) is 9.63. The maximum absolute atomic E-state index is 14.8. The number of aromatic nitrogens is 2. The molecule has 1 amide bonds. The lowest BCUT2D eigenvalue weighted by Gasteiger charge is -2.29. The van der Waals surface area contributed by atoms with Crippen molar-refractivity contribution in [3.8, 4) is 5.75 Å². The van der Waals surface area contributed by atoms with E-state index in [9.17, 15) is 9.18 Å². The summed E-state index contributed by atoms with van der Waals surface area (Å²) in [6.45, 7) is 0. The first kappa shape index (κ1) is 22.2. The molecule has 2 aromatic heterocycles. The summed E-state index contributed by atoms with van der Waals surface area (Å²) in [6, 6.07) is 8.04. The zero-order valence-electron chi connectivity index (χ0n) is 18.1. The highest BCUT2D eigenvalue weighted by Gasteiger charge is 2.27. The summed E-state index contributed by atoms with van der Waals surface area (Å²) in [5, 5.41) is 14.4. The number of pyridine rings is 2. The fourth-order valence-electron chi connectivity index (χ4n) is 3.99. The van der Waals surface area contributed by atoms with Crippen LogP contribution < -0.4 is 26.9 Å². The molecule has 1 fully saturated rings. The van der Waals surface area contributed by atoms with Crippen LogP contribution in [-0.2, 0) is 0 Å². The third-order valence-electron chi connectivity index (χ3n) is 5.66. The molecule has 11 heteroatoms. The Morgan fingerprint density at radius 2 is 2.03 bits per heavy atom. The lowest BCUT2D eigenvalue weighted by Crippen LogP contribution is -2.36. The number of fused-ring (bicyclic) bond motifs is 1. The van der Waals surface area contributed by atoms with Gasteiger partial charge in [0.05, 0.1) is 42.2 Å². The molecule has 10 nitrogen and oxygen atoms in total. The number of halogens is 1. The minimum atomic E-state index is -0.804. The van der Waals surface area contributed by atoms with Gasteiger partial charge in [0.15, 0.2) is 11.6 Å². The molecule has 1 aliphatic carbocycles. The number of carbonyl (C=O) groups excluding carboxylic acids is 1. The maximum atomic E-state index is 14.8. The molecule has 3 aromatic rings. The zero-order valence-corrected chi connectivity index (χ0v) is 18.1. The fraction of sp³-hybridized carbons (Fsp3) is 0.318. The molecular weight excluding hydrogens is 427 g/mol. The summed E-state index contributed by atoms with van der Waals surface area (Å²) in [4.78, 5) is 20.7. The molecule has 0 spiro atoms. The Labute approximate surface area is 189 Å². The van der Waals surface area contributed by atoms with E-state index in [4.69, 9.17) is 16.3 Å². The van der Waals surface area contributed by atoms with Gasteiger partial charge in [0.25, 0.3) is 5.91 Å². The quantitative estimate of drug-likeness (QED) is 0.242. The van der Waals surface area contributed by atoms with Gasteiger partial charge in [-0.15, -0.1) is 0 Å². The van der Waals surface area contributed by atoms with Gasteiger partial charge < -0.3 is 26.9 Å². The number of carbonyl (C=O) groups is 1. The molecule has 33 heavy (non-hydrogen) atoms. The molecule has 172 valence electrons. The number of hydrogen-bond donors (Lipinski definition) is 4. The molecule has 0 radical (unpaired) electrons. The lowest BCUT2D eigenvalue weighted by atomic mass is 9.91. The Morgan fingerprint density at radius 1 is 1.21 bits per heavy atom. The van der Waals surface area contributed by atoms with Crippen molar-refractivity contribution < 1.29 is 13.9 Å². The van der Waals surface area contributed by atoms with E-state index >= 15 is 0 Å². The Kier molecular flexibility index (Phi) is 6.48. The highest BCUT2D eigenvalue weighted by Crippen LogP contribution is 2.29. The molecule has 1 aromatic carbocycles. The van der Waals surface area contributed by atoms with E-state index < -0.39 is 11.7 Å². The fourth-order valence-corrected chi connectivity index (χ4v) is 3.99. The predicted octanol–water partition coefficient (Wildman–Crippen LogP) is 3.67. The van der Waals surface area contributed by atoms with Crippen molar-refractivity contribution in [3.05, 3.63) is 47.9 Å². The highest BCUT2D eigenvalue weighted by molar-refractivity contribution is 5.99. The lowest BCUT2D eigenvalue weighted by molar-refractivity contribution is 0.100. The van der Waals surface area contributed by atoms with Crippen molar-refractivity contribution in [2.45, 2.75) is 37.8 Å². The van der Waals surface area contributed by atoms with Gasteiger partial charge in [-0.1, -0.05) is 18.1 Å². The molecule has 0 saturated heterocycles. The van der Waals surface area contributed by atoms with Crippen LogP contribution in [-0.4, -0.2) is 35.1 Å². The zero-order chi connectivity index (χ0) is 23.4. The van der Waals surface area contributed by atoms with Crippen LogP contribution in [0.1, 0.15) is 36.0 Å². The molecule has 0 unspecified atom stereocenters. The van der Waals surface area contributed by atoms with Crippen LogP contribution in [0.3, 0.4) is 0 Å². The molecule has 2 atom stereocenters. The van der Waals surface area contributed by atoms with Crippen LogP contribution in [0.2, 0.25) is 0 Å². The summed E-state index contributed by atoms with van der Waals surface area (Å²) >= 11 is 0. The number of primary amides is 1. The standard InChI is InChI=1S/C22H25FN8O2/c1-33-14-7-6-12-8-13(11-26-19(12)9-14)27-21-15(20(24)32)10-16(23)22(29-21)28-17-4-2-3-5-18(17)30-31-25/h6-11,17-18H,2-5H2,1H3,(H2,24,32)(H2,25,30)(H2,27,28,29)/t17-,18+/m1/s1. The van der Waals surface area contributed by atoms with Crippen LogP contribution in [0.5, 0.6) is 5.75 Å². The SMILES string of the molecule is COc1ccc2cc(Nc3nc(N[C@@H]4CCCC[C@@H]4N=NN)c(F)cc3C(N)=O)cnc2c1. The third kappa shape index (κ3) is 4.92. The summed E-state index contributed by atoms with van der Waals surface area (Å²) in [5.74, 6) is 4.54. The summed E-state index contributed by atoms with van der Waals surface area (Å²) < 4.78 is 20.0. The van der Waals surface area contributed by atoms with Crippen LogP contribution in [0.4, 0.5) is 21.7 Å². The number of anilines is 3. The molecule has 1 aliphatic rings. The topological polar surface area (TPSA) is 153 Å². The number of rotatable bonds is 7. The van der Waals surface area contributed by atoms with Crippen LogP contribution >= 0.6 is 0 Å². The number of ether oxygens (including phenoxy) is 1. The van der Waals surface area contributed by atoms with E-state index in [-0.39, 0.29) is 29.3 Å². The normalized spacial score (nSPS) is 18.4. The average Bonchev–Trinajstić information content (AvgIpc) is 2.81. The van der Waals surface area contributed by atoms with Gasteiger partial charge in [0.2, 0.25) is 0 Å². The third-order valence-corrected chi connectivity index (χ3v) is 5.66. The summed E-state index contributed by atoms with van der Waals surface area (Å²) in [7, 11) is 1.59. The summed E-state index contributed by atoms with van der Waals surface area (Å²) in [6.07, 6.45) is 5.10. The van der Waals surface area contributed by atoms with Crippen LogP contribution in [0, 0.1) is 5.82 Å². The minimum Gasteiger partial charge on any atom is -0.497 e. The molecule has 2 heterocycles. The summed E-state index contributed by atoms with van der Waals surface area (Å²) in [5.41, 5.74) is 6.70. The van der Waals surface area contributed by atoms with Gasteiger partial charge in [0.1, 0.15) is 11.6 Å². The second-order valence-electron chi connectivity index (χ2n) is 7.82. The van der Waals surface area contributed by atoms with Crippen molar-refractivity contribution in [2.24, 2.45) is 21.9 Å². The Morgan fingerprint density at radius 3 is 2.79 bits per heavy atom. The van der Waals surface area contributed by atoms with Crippen molar-refractivity contribution in [1.82, 2.24) is 9.97 Å². The van der Waals surface area contributed by atoms with Gasteiger partial charge >= 0.3 is 0 Å². The average molecular weight is 452 g/mol. The van der Waals surface area contributed by atoms with Gasteiger partial charge in [0, 0.05) is 11.5 Å². The van der Waals surface area contributed by atoms with Gasteiger partial charge in [-0.2, -0.15) is 5.11 Å². The van der Waals surface area contributed by atoms with Gasteiger partial charge in [-0.05, 0) is 37.1 Å². The van der Waals surface area contributed by atoms with Crippen molar-refractivity contribution in [3.63, 3.8) is 0 Å². The number of nitrogens with zero attached hydrogens (tertiary/aromatic N) is 4. The first-order valence-electron chi connectivity index (χ1n) is 10.6. The molecular formula is C22H25FN8O2. The van der Waals surface area contributed by atoms with E-state index in [0.29, 0.717) is 11.4 Å². The molecule has 0 bridgehead atoms. The van der Waals surface area contributed by atoms with Crippen LogP contribution in [0.15, 0.2) is 46.9 Å².